The van der Waals surface area contributed by atoms with E-state index in [1.807, 2.05) is 0 Å². The molecule has 0 atom stereocenters. The van der Waals surface area contributed by atoms with Gasteiger partial charge in [-0.25, -0.2) is 0 Å². The lowest BCUT2D eigenvalue weighted by atomic mass is 10.1. The van der Waals surface area contributed by atoms with Crippen LogP contribution in [-0.2, 0) is 0 Å². The normalized spacial score (nSPS) is 22.7. The summed E-state index contributed by atoms with van der Waals surface area (Å²) in [4.78, 5) is 5.28. The molecule has 2 aliphatic heterocycles. The van der Waals surface area contributed by atoms with Crippen molar-refractivity contribution in [1.29, 1.82) is 0 Å². The van der Waals surface area contributed by atoms with Gasteiger partial charge in [-0.1, -0.05) is 12.8 Å². The maximum Gasteiger partial charge on any atom is -0.000664 e. The zero-order chi connectivity index (χ0) is 13.2. The second-order valence-corrected chi connectivity index (χ2v) is 6.26. The molecule has 3 heteroatoms. The zero-order valence-corrected chi connectivity index (χ0v) is 12.7. The highest BCUT2D eigenvalue weighted by atomic mass is 15.1. The van der Waals surface area contributed by atoms with Gasteiger partial charge in [0.05, 0.1) is 0 Å². The highest BCUT2D eigenvalue weighted by molar-refractivity contribution is 4.66. The summed E-state index contributed by atoms with van der Waals surface area (Å²) in [7, 11) is 0. The zero-order valence-electron chi connectivity index (χ0n) is 12.7. The predicted octanol–water partition coefficient (Wildman–Crippen LogP) is 2.33. The molecule has 0 unspecified atom stereocenters. The lowest BCUT2D eigenvalue weighted by Gasteiger charge is -2.27. The molecule has 19 heavy (non-hydrogen) atoms. The fraction of sp³-hybridized carbons (Fsp3) is 1.00. The smallest absolute Gasteiger partial charge is 0.000664 e. The Kier molecular flexibility index (Phi) is 7.82. The van der Waals surface area contributed by atoms with E-state index < -0.39 is 0 Å². The van der Waals surface area contributed by atoms with E-state index >= 15 is 0 Å². The van der Waals surface area contributed by atoms with E-state index in [2.05, 4.69) is 15.1 Å². The van der Waals surface area contributed by atoms with Crippen molar-refractivity contribution in [3.8, 4) is 0 Å². The summed E-state index contributed by atoms with van der Waals surface area (Å²) in [6.45, 7) is 10.4. The topological polar surface area (TPSA) is 18.5 Å². The first-order chi connectivity index (χ1) is 9.45. The van der Waals surface area contributed by atoms with Crippen molar-refractivity contribution in [2.45, 2.75) is 51.4 Å². The Bertz CT molecular complexity index is 186. The van der Waals surface area contributed by atoms with Gasteiger partial charge >= 0.3 is 0 Å². The molecule has 2 rings (SSSR count). The van der Waals surface area contributed by atoms with Crippen molar-refractivity contribution < 1.29 is 0 Å². The number of hydrogen-bond donors (Lipinski definition) is 1. The summed E-state index contributed by atoms with van der Waals surface area (Å²) < 4.78 is 0. The van der Waals surface area contributed by atoms with E-state index in [0.717, 1.165) is 0 Å². The maximum absolute atomic E-state index is 3.61. The molecule has 0 aromatic heterocycles. The molecular weight excluding hydrogens is 234 g/mol. The summed E-state index contributed by atoms with van der Waals surface area (Å²) in [6, 6.07) is 0. The van der Waals surface area contributed by atoms with Crippen molar-refractivity contribution in [3.63, 3.8) is 0 Å². The fourth-order valence-electron chi connectivity index (χ4n) is 3.35. The van der Waals surface area contributed by atoms with Crippen LogP contribution in [0.3, 0.4) is 0 Å². The van der Waals surface area contributed by atoms with Gasteiger partial charge in [-0.2, -0.15) is 0 Å². The number of piperidine rings is 2. The summed E-state index contributed by atoms with van der Waals surface area (Å²) in [5.41, 5.74) is 0. The fourth-order valence-corrected chi connectivity index (χ4v) is 3.35. The van der Waals surface area contributed by atoms with Crippen LogP contribution in [0.1, 0.15) is 51.4 Å². The summed E-state index contributed by atoms with van der Waals surface area (Å²) >= 11 is 0. The molecule has 112 valence electrons. The van der Waals surface area contributed by atoms with Crippen molar-refractivity contribution in [2.75, 3.05) is 52.4 Å². The third kappa shape index (κ3) is 6.73. The molecule has 0 spiro atoms. The first-order valence-electron chi connectivity index (χ1n) is 8.60. The third-order valence-corrected chi connectivity index (χ3v) is 4.55. The Morgan fingerprint density at radius 2 is 1.00 bits per heavy atom. The van der Waals surface area contributed by atoms with Crippen LogP contribution in [0.2, 0.25) is 0 Å². The monoisotopic (exact) mass is 267 g/mol. The van der Waals surface area contributed by atoms with Crippen LogP contribution in [0.15, 0.2) is 0 Å². The number of rotatable bonds is 8. The average molecular weight is 267 g/mol. The van der Waals surface area contributed by atoms with Crippen LogP contribution in [-0.4, -0.2) is 62.2 Å². The SMILES string of the molecule is C1CCN(CCCNCCCN2CCCCC2)CC1. The van der Waals surface area contributed by atoms with Crippen molar-refractivity contribution in [2.24, 2.45) is 0 Å². The largest absolute Gasteiger partial charge is 0.317 e. The third-order valence-electron chi connectivity index (χ3n) is 4.55. The molecule has 0 radical (unpaired) electrons. The van der Waals surface area contributed by atoms with Crippen LogP contribution in [0.5, 0.6) is 0 Å². The standard InChI is InChI=1S/C16H33N3/c1-3-11-18(12-4-1)15-7-9-17-10-8-16-19-13-5-2-6-14-19/h17H,1-16H2. The lowest BCUT2D eigenvalue weighted by molar-refractivity contribution is 0.221. The Morgan fingerprint density at radius 3 is 1.42 bits per heavy atom. The van der Waals surface area contributed by atoms with Gasteiger partial charge in [0.1, 0.15) is 0 Å². The second-order valence-electron chi connectivity index (χ2n) is 6.26. The van der Waals surface area contributed by atoms with Gasteiger partial charge in [0.25, 0.3) is 0 Å². The van der Waals surface area contributed by atoms with Gasteiger partial charge in [0.2, 0.25) is 0 Å². The van der Waals surface area contributed by atoms with E-state index in [1.165, 1.54) is 104 Å². The van der Waals surface area contributed by atoms with Crippen molar-refractivity contribution in [1.82, 2.24) is 15.1 Å². The van der Waals surface area contributed by atoms with Crippen LogP contribution < -0.4 is 5.32 Å². The molecule has 1 N–H and O–H groups in total. The summed E-state index contributed by atoms with van der Waals surface area (Å²) in [5, 5.41) is 3.61. The molecule has 3 nitrogen and oxygen atoms in total. The molecule has 0 aliphatic carbocycles. The molecular formula is C16H33N3. The Labute approximate surface area is 119 Å². The molecule has 0 aromatic rings. The molecule has 0 aromatic carbocycles. The van der Waals surface area contributed by atoms with E-state index in [9.17, 15) is 0 Å². The predicted molar refractivity (Wildman–Crippen MR) is 82.7 cm³/mol. The number of likely N-dealkylation sites (tertiary alicyclic amines) is 2. The average Bonchev–Trinajstić information content (AvgIpc) is 2.48. The van der Waals surface area contributed by atoms with Gasteiger partial charge in [-0.15, -0.1) is 0 Å². The molecule has 0 amide bonds. The van der Waals surface area contributed by atoms with Crippen LogP contribution >= 0.6 is 0 Å². The van der Waals surface area contributed by atoms with Gasteiger partial charge in [0.15, 0.2) is 0 Å². The van der Waals surface area contributed by atoms with E-state index in [-0.39, 0.29) is 0 Å². The number of hydrogen-bond acceptors (Lipinski definition) is 3. The van der Waals surface area contributed by atoms with Gasteiger partial charge < -0.3 is 15.1 Å². The highest BCUT2D eigenvalue weighted by Gasteiger charge is 2.09. The quantitative estimate of drug-likeness (QED) is 0.681. The summed E-state index contributed by atoms with van der Waals surface area (Å²) in [6.07, 6.45) is 11.2. The molecule has 2 fully saturated rings. The minimum absolute atomic E-state index is 1.20. The first kappa shape index (κ1) is 15.3. The minimum atomic E-state index is 1.20. The van der Waals surface area contributed by atoms with Crippen molar-refractivity contribution >= 4 is 0 Å². The van der Waals surface area contributed by atoms with Crippen LogP contribution in [0.4, 0.5) is 0 Å². The Morgan fingerprint density at radius 1 is 0.579 bits per heavy atom. The lowest BCUT2D eigenvalue weighted by Crippen LogP contribution is -2.33. The van der Waals surface area contributed by atoms with Crippen LogP contribution in [0.25, 0.3) is 0 Å². The molecule has 0 bridgehead atoms. The highest BCUT2D eigenvalue weighted by Crippen LogP contribution is 2.09. The molecule has 2 heterocycles. The van der Waals surface area contributed by atoms with E-state index in [0.29, 0.717) is 0 Å². The minimum Gasteiger partial charge on any atom is -0.317 e. The second kappa shape index (κ2) is 9.73. The van der Waals surface area contributed by atoms with Gasteiger partial charge in [0, 0.05) is 0 Å². The Hall–Kier alpha value is -0.120. The number of nitrogens with one attached hydrogen (secondary N) is 1. The maximum atomic E-state index is 3.61. The Balaban J connectivity index is 1.35. The number of nitrogens with zero attached hydrogens (tertiary/aromatic N) is 2. The van der Waals surface area contributed by atoms with Crippen LogP contribution in [0, 0.1) is 0 Å². The summed E-state index contributed by atoms with van der Waals surface area (Å²) in [5.74, 6) is 0. The van der Waals surface area contributed by atoms with Gasteiger partial charge in [-0.3, -0.25) is 0 Å². The first-order valence-corrected chi connectivity index (χ1v) is 8.60. The van der Waals surface area contributed by atoms with E-state index in [4.69, 9.17) is 0 Å². The van der Waals surface area contributed by atoms with Crippen molar-refractivity contribution in [3.05, 3.63) is 0 Å². The van der Waals surface area contributed by atoms with Gasteiger partial charge in [-0.05, 0) is 90.9 Å². The molecule has 0 saturated carbocycles. The van der Waals surface area contributed by atoms with E-state index in [1.54, 1.807) is 0 Å². The molecule has 2 aliphatic rings. The molecule has 2 saturated heterocycles.